The Morgan fingerprint density at radius 2 is 1.86 bits per heavy atom. The maximum absolute atomic E-state index is 12.9. The van der Waals surface area contributed by atoms with Crippen molar-refractivity contribution in [3.63, 3.8) is 0 Å². The van der Waals surface area contributed by atoms with E-state index < -0.39 is 0 Å². The third-order valence-electron chi connectivity index (χ3n) is 4.63. The van der Waals surface area contributed by atoms with Gasteiger partial charge in [-0.2, -0.15) is 0 Å². The van der Waals surface area contributed by atoms with Gasteiger partial charge < -0.3 is 20.1 Å². The second kappa shape index (κ2) is 10.1. The van der Waals surface area contributed by atoms with Crippen LogP contribution in [0.25, 0.3) is 0 Å². The van der Waals surface area contributed by atoms with Gasteiger partial charge in [0.15, 0.2) is 0 Å². The van der Waals surface area contributed by atoms with Gasteiger partial charge in [0.1, 0.15) is 18.2 Å². The lowest BCUT2D eigenvalue weighted by molar-refractivity contribution is 0.127. The van der Waals surface area contributed by atoms with Gasteiger partial charge in [-0.3, -0.25) is 0 Å². The fourth-order valence-electron chi connectivity index (χ4n) is 2.70. The largest absolute Gasteiger partial charge is 0.489 e. The molecular weight excluding hydrogens is 359 g/mol. The molecule has 6 heteroatoms. The monoisotopic (exact) mass is 386 g/mol. The van der Waals surface area contributed by atoms with Crippen LogP contribution in [0.15, 0.2) is 48.5 Å². The van der Waals surface area contributed by atoms with Crippen LogP contribution < -0.4 is 15.4 Å². The first-order valence-corrected chi connectivity index (χ1v) is 9.69. The molecule has 5 nitrogen and oxygen atoms in total. The van der Waals surface area contributed by atoms with Crippen molar-refractivity contribution in [3.05, 3.63) is 65.5 Å². The van der Waals surface area contributed by atoms with Crippen LogP contribution in [-0.2, 0) is 11.3 Å². The van der Waals surface area contributed by atoms with Gasteiger partial charge in [0.05, 0.1) is 12.6 Å². The van der Waals surface area contributed by atoms with Crippen molar-refractivity contribution < 1.29 is 18.7 Å². The molecule has 3 rings (SSSR count). The minimum absolute atomic E-state index is 0.126. The number of ether oxygens (including phenoxy) is 2. The Kier molecular flexibility index (Phi) is 7.25. The van der Waals surface area contributed by atoms with Gasteiger partial charge in [-0.1, -0.05) is 24.3 Å². The number of rotatable bonds is 10. The maximum atomic E-state index is 12.9. The van der Waals surface area contributed by atoms with E-state index in [4.69, 9.17) is 9.47 Å². The van der Waals surface area contributed by atoms with Crippen LogP contribution in [0.2, 0.25) is 0 Å². The van der Waals surface area contributed by atoms with E-state index in [0.717, 1.165) is 29.4 Å². The average Bonchev–Trinajstić information content (AvgIpc) is 3.52. The minimum atomic E-state index is -0.260. The molecule has 1 aliphatic rings. The normalized spacial score (nSPS) is 14.4. The number of carbonyl (C=O) groups is 1. The number of urea groups is 1. The molecule has 0 spiro atoms. The van der Waals surface area contributed by atoms with Crippen LogP contribution in [0.4, 0.5) is 9.18 Å². The first-order chi connectivity index (χ1) is 13.6. The smallest absolute Gasteiger partial charge is 0.315 e. The average molecular weight is 386 g/mol. The van der Waals surface area contributed by atoms with E-state index >= 15 is 0 Å². The van der Waals surface area contributed by atoms with Crippen molar-refractivity contribution in [3.8, 4) is 5.75 Å². The lowest BCUT2D eigenvalue weighted by Crippen LogP contribution is -2.38. The molecule has 1 atom stereocenters. The maximum Gasteiger partial charge on any atom is 0.315 e. The number of nitrogens with one attached hydrogen (secondary N) is 2. The van der Waals surface area contributed by atoms with Crippen molar-refractivity contribution in [2.24, 2.45) is 5.92 Å². The van der Waals surface area contributed by atoms with Crippen LogP contribution in [0.1, 0.15) is 36.9 Å². The van der Waals surface area contributed by atoms with Crippen LogP contribution in [0.5, 0.6) is 5.75 Å². The summed E-state index contributed by atoms with van der Waals surface area (Å²) in [5.41, 5.74) is 1.88. The van der Waals surface area contributed by atoms with Gasteiger partial charge in [0, 0.05) is 13.2 Å². The molecule has 0 bridgehead atoms. The predicted molar refractivity (Wildman–Crippen MR) is 106 cm³/mol. The molecule has 0 heterocycles. The summed E-state index contributed by atoms with van der Waals surface area (Å²) < 4.78 is 24.1. The zero-order chi connectivity index (χ0) is 19.8. The van der Waals surface area contributed by atoms with Gasteiger partial charge in [-0.25, -0.2) is 9.18 Å². The number of hydrogen-bond donors (Lipinski definition) is 2. The predicted octanol–water partition coefficient (Wildman–Crippen LogP) is 4.19. The molecule has 2 N–H and O–H groups in total. The van der Waals surface area contributed by atoms with Crippen LogP contribution in [0.3, 0.4) is 0 Å². The van der Waals surface area contributed by atoms with Gasteiger partial charge in [0.25, 0.3) is 0 Å². The van der Waals surface area contributed by atoms with Crippen LogP contribution in [0, 0.1) is 11.7 Å². The Morgan fingerprint density at radius 3 is 2.54 bits per heavy atom. The number of halogens is 1. The minimum Gasteiger partial charge on any atom is -0.489 e. The molecule has 28 heavy (non-hydrogen) atoms. The van der Waals surface area contributed by atoms with E-state index in [1.165, 1.54) is 25.0 Å². The molecule has 1 saturated carbocycles. The summed E-state index contributed by atoms with van der Waals surface area (Å²) in [7, 11) is 0. The van der Waals surface area contributed by atoms with Crippen molar-refractivity contribution in [1.82, 2.24) is 10.6 Å². The second-order valence-corrected chi connectivity index (χ2v) is 7.12. The highest BCUT2D eigenvalue weighted by atomic mass is 19.1. The van der Waals surface area contributed by atoms with Crippen LogP contribution in [-0.4, -0.2) is 25.8 Å². The molecule has 1 aliphatic carbocycles. The Bertz CT molecular complexity index is 745. The lowest BCUT2D eigenvalue weighted by atomic mass is 10.1. The Hall–Kier alpha value is -2.60. The summed E-state index contributed by atoms with van der Waals surface area (Å²) >= 11 is 0. The number of benzene rings is 2. The standard InChI is InChI=1S/C22H27FN2O3/c1-16(25-22(26)24-12-13-27-14-17-2-3-17)19-6-10-21(11-7-19)28-15-18-4-8-20(23)9-5-18/h4-11,16-17H,2-3,12-15H2,1H3,(H2,24,25,26). The highest BCUT2D eigenvalue weighted by Gasteiger charge is 2.20. The third-order valence-corrected chi connectivity index (χ3v) is 4.63. The molecule has 1 unspecified atom stereocenters. The summed E-state index contributed by atoms with van der Waals surface area (Å²) in [5, 5.41) is 5.71. The van der Waals surface area contributed by atoms with Crippen LogP contribution >= 0.6 is 0 Å². The molecule has 0 radical (unpaired) electrons. The van der Waals surface area contributed by atoms with Crippen molar-refractivity contribution in [2.45, 2.75) is 32.4 Å². The molecule has 150 valence electrons. The summed E-state index contributed by atoms with van der Waals surface area (Å²) in [6.07, 6.45) is 2.53. The summed E-state index contributed by atoms with van der Waals surface area (Å²) in [5.74, 6) is 1.19. The Labute approximate surface area is 165 Å². The Balaban J connectivity index is 1.36. The Morgan fingerprint density at radius 1 is 1.14 bits per heavy atom. The van der Waals surface area contributed by atoms with E-state index in [-0.39, 0.29) is 17.9 Å². The zero-order valence-electron chi connectivity index (χ0n) is 16.1. The molecule has 2 amide bonds. The molecule has 2 aromatic rings. The highest BCUT2D eigenvalue weighted by molar-refractivity contribution is 5.74. The topological polar surface area (TPSA) is 59.6 Å². The van der Waals surface area contributed by atoms with Crippen molar-refractivity contribution in [2.75, 3.05) is 19.8 Å². The van der Waals surface area contributed by atoms with Gasteiger partial charge in [-0.05, 0) is 61.1 Å². The van der Waals surface area contributed by atoms with Gasteiger partial charge in [-0.15, -0.1) is 0 Å². The third kappa shape index (κ3) is 6.85. The molecule has 0 aromatic heterocycles. The lowest BCUT2D eigenvalue weighted by Gasteiger charge is -2.16. The molecule has 0 aliphatic heterocycles. The summed E-state index contributed by atoms with van der Waals surface area (Å²) in [6, 6.07) is 13.5. The fourth-order valence-corrected chi connectivity index (χ4v) is 2.70. The van der Waals surface area contributed by atoms with E-state index in [1.54, 1.807) is 12.1 Å². The number of amides is 2. The molecule has 2 aromatic carbocycles. The SMILES string of the molecule is CC(NC(=O)NCCOCC1CC1)c1ccc(OCc2ccc(F)cc2)cc1. The first kappa shape index (κ1) is 20.1. The number of carbonyl (C=O) groups excluding carboxylic acids is 1. The first-order valence-electron chi connectivity index (χ1n) is 9.69. The van der Waals surface area contributed by atoms with Gasteiger partial charge >= 0.3 is 6.03 Å². The summed E-state index contributed by atoms with van der Waals surface area (Å²) in [4.78, 5) is 12.0. The van der Waals surface area contributed by atoms with Gasteiger partial charge in [0.2, 0.25) is 0 Å². The van der Waals surface area contributed by atoms with E-state index in [2.05, 4.69) is 10.6 Å². The fraction of sp³-hybridized carbons (Fsp3) is 0.409. The van der Waals surface area contributed by atoms with E-state index in [9.17, 15) is 9.18 Å². The quantitative estimate of drug-likeness (QED) is 0.602. The zero-order valence-corrected chi connectivity index (χ0v) is 16.1. The second-order valence-electron chi connectivity index (χ2n) is 7.12. The van der Waals surface area contributed by atoms with Crippen molar-refractivity contribution in [1.29, 1.82) is 0 Å². The van der Waals surface area contributed by atoms with E-state index in [1.807, 2.05) is 31.2 Å². The number of hydrogen-bond acceptors (Lipinski definition) is 3. The van der Waals surface area contributed by atoms with E-state index in [0.29, 0.717) is 19.8 Å². The molecule has 0 saturated heterocycles. The van der Waals surface area contributed by atoms with Crippen molar-refractivity contribution >= 4 is 6.03 Å². The highest BCUT2D eigenvalue weighted by Crippen LogP contribution is 2.28. The molecular formula is C22H27FN2O3. The summed E-state index contributed by atoms with van der Waals surface area (Å²) in [6.45, 7) is 4.14. The molecule has 1 fully saturated rings.